The molecule has 1 heterocycles. The second-order valence-electron chi connectivity index (χ2n) is 4.64. The van der Waals surface area contributed by atoms with Crippen LogP contribution in [-0.4, -0.2) is 11.6 Å². The van der Waals surface area contributed by atoms with Gasteiger partial charge in [-0.2, -0.15) is 5.26 Å². The summed E-state index contributed by atoms with van der Waals surface area (Å²) in [5, 5.41) is 9.95. The van der Waals surface area contributed by atoms with Crippen LogP contribution >= 0.6 is 0 Å². The molecule has 1 aromatic heterocycles. The molecule has 0 aliphatic heterocycles. The Kier molecular flexibility index (Phi) is 2.97. The van der Waals surface area contributed by atoms with E-state index in [-0.39, 0.29) is 0 Å². The van der Waals surface area contributed by atoms with Crippen molar-refractivity contribution in [2.75, 3.05) is 6.61 Å². The summed E-state index contributed by atoms with van der Waals surface area (Å²) >= 11 is 0. The van der Waals surface area contributed by atoms with E-state index >= 15 is 0 Å². The van der Waals surface area contributed by atoms with E-state index in [0.717, 1.165) is 16.7 Å². The molecule has 0 spiro atoms. The molecule has 3 heteroatoms. The number of hydrogen-bond donors (Lipinski definition) is 0. The lowest BCUT2D eigenvalue weighted by molar-refractivity contribution is 0.227. The standard InChI is InChI=1S/C14H14N2O/c1-14(2,9-15)10-17-12-5-6-13-11(8-12)4-3-7-16-13/h3-8H,10H2,1-2H3. The van der Waals surface area contributed by atoms with Crippen molar-refractivity contribution in [2.24, 2.45) is 5.41 Å². The molecular formula is C14H14N2O. The van der Waals surface area contributed by atoms with E-state index in [9.17, 15) is 0 Å². The summed E-state index contributed by atoms with van der Waals surface area (Å²) < 4.78 is 5.62. The van der Waals surface area contributed by atoms with Gasteiger partial charge in [0.1, 0.15) is 12.4 Å². The maximum absolute atomic E-state index is 8.90. The summed E-state index contributed by atoms with van der Waals surface area (Å²) in [6, 6.07) is 11.8. The van der Waals surface area contributed by atoms with E-state index in [4.69, 9.17) is 10.00 Å². The Balaban J connectivity index is 2.18. The van der Waals surface area contributed by atoms with Crippen LogP contribution in [0.1, 0.15) is 13.8 Å². The molecule has 0 radical (unpaired) electrons. The van der Waals surface area contributed by atoms with Gasteiger partial charge in [0.15, 0.2) is 0 Å². The van der Waals surface area contributed by atoms with Crippen molar-refractivity contribution in [3.05, 3.63) is 36.5 Å². The first-order valence-corrected chi connectivity index (χ1v) is 5.50. The molecule has 3 nitrogen and oxygen atoms in total. The molecule has 17 heavy (non-hydrogen) atoms. The quantitative estimate of drug-likeness (QED) is 0.807. The Labute approximate surface area is 101 Å². The third kappa shape index (κ3) is 2.73. The fourth-order valence-corrected chi connectivity index (χ4v) is 1.44. The average molecular weight is 226 g/mol. The zero-order valence-corrected chi connectivity index (χ0v) is 9.97. The number of rotatable bonds is 3. The van der Waals surface area contributed by atoms with Gasteiger partial charge in [-0.1, -0.05) is 6.07 Å². The fraction of sp³-hybridized carbons (Fsp3) is 0.286. The van der Waals surface area contributed by atoms with E-state index < -0.39 is 5.41 Å². The minimum absolute atomic E-state index is 0.384. The largest absolute Gasteiger partial charge is 0.492 e. The number of benzene rings is 1. The SMILES string of the molecule is CC(C)(C#N)COc1ccc2ncccc2c1. The molecular weight excluding hydrogens is 212 g/mol. The molecule has 0 unspecified atom stereocenters. The molecule has 0 aliphatic rings. The van der Waals surface area contributed by atoms with Crippen LogP contribution in [0.25, 0.3) is 10.9 Å². The Morgan fingerprint density at radius 2 is 2.18 bits per heavy atom. The molecule has 0 N–H and O–H groups in total. The first kappa shape index (κ1) is 11.4. The zero-order valence-electron chi connectivity index (χ0n) is 9.97. The van der Waals surface area contributed by atoms with Crippen LogP contribution in [0.5, 0.6) is 5.75 Å². The second kappa shape index (κ2) is 4.42. The monoisotopic (exact) mass is 226 g/mol. The maximum atomic E-state index is 8.90. The molecule has 0 atom stereocenters. The zero-order chi connectivity index (χ0) is 12.3. The molecule has 0 fully saturated rings. The smallest absolute Gasteiger partial charge is 0.120 e. The minimum Gasteiger partial charge on any atom is -0.492 e. The molecule has 0 amide bonds. The number of hydrogen-bond acceptors (Lipinski definition) is 3. The molecule has 0 saturated heterocycles. The van der Waals surface area contributed by atoms with Gasteiger partial charge in [-0.3, -0.25) is 4.98 Å². The summed E-state index contributed by atoms with van der Waals surface area (Å²) in [5.41, 5.74) is 0.476. The molecule has 2 rings (SSSR count). The highest BCUT2D eigenvalue weighted by Crippen LogP contribution is 2.21. The second-order valence-corrected chi connectivity index (χ2v) is 4.64. The van der Waals surface area contributed by atoms with Gasteiger partial charge in [0, 0.05) is 11.6 Å². The Morgan fingerprint density at radius 1 is 1.35 bits per heavy atom. The van der Waals surface area contributed by atoms with Crippen molar-refractivity contribution in [1.82, 2.24) is 4.98 Å². The van der Waals surface area contributed by atoms with Gasteiger partial charge in [-0.05, 0) is 38.1 Å². The molecule has 0 saturated carbocycles. The summed E-state index contributed by atoms with van der Waals surface area (Å²) in [5.74, 6) is 0.772. The van der Waals surface area contributed by atoms with Crippen molar-refractivity contribution in [3.8, 4) is 11.8 Å². The molecule has 2 aromatic rings. The van der Waals surface area contributed by atoms with Crippen LogP contribution < -0.4 is 4.74 Å². The number of aromatic nitrogens is 1. The number of nitriles is 1. The minimum atomic E-state index is -0.468. The lowest BCUT2D eigenvalue weighted by atomic mass is 9.98. The molecule has 0 aliphatic carbocycles. The van der Waals surface area contributed by atoms with Crippen LogP contribution in [0.4, 0.5) is 0 Å². The van der Waals surface area contributed by atoms with Gasteiger partial charge >= 0.3 is 0 Å². The molecule has 86 valence electrons. The summed E-state index contributed by atoms with van der Waals surface area (Å²) in [4.78, 5) is 4.24. The highest BCUT2D eigenvalue weighted by molar-refractivity contribution is 5.79. The Morgan fingerprint density at radius 3 is 2.94 bits per heavy atom. The van der Waals surface area contributed by atoms with Crippen molar-refractivity contribution < 1.29 is 4.74 Å². The van der Waals surface area contributed by atoms with Crippen molar-refractivity contribution in [2.45, 2.75) is 13.8 Å². The Hall–Kier alpha value is -2.08. The first-order valence-electron chi connectivity index (χ1n) is 5.50. The normalized spacial score (nSPS) is 11.1. The average Bonchev–Trinajstić information content (AvgIpc) is 2.36. The van der Waals surface area contributed by atoms with Gasteiger partial charge in [-0.15, -0.1) is 0 Å². The van der Waals surface area contributed by atoms with Gasteiger partial charge in [0.05, 0.1) is 17.0 Å². The van der Waals surface area contributed by atoms with Gasteiger partial charge in [-0.25, -0.2) is 0 Å². The van der Waals surface area contributed by atoms with Gasteiger partial charge in [0.2, 0.25) is 0 Å². The highest BCUT2D eigenvalue weighted by atomic mass is 16.5. The van der Waals surface area contributed by atoms with Crippen LogP contribution in [0.2, 0.25) is 0 Å². The highest BCUT2D eigenvalue weighted by Gasteiger charge is 2.17. The van der Waals surface area contributed by atoms with E-state index in [1.54, 1.807) is 6.20 Å². The fourth-order valence-electron chi connectivity index (χ4n) is 1.44. The maximum Gasteiger partial charge on any atom is 0.120 e. The number of fused-ring (bicyclic) bond motifs is 1. The number of nitrogens with zero attached hydrogens (tertiary/aromatic N) is 2. The molecule has 0 bridgehead atoms. The molecule has 1 aromatic carbocycles. The summed E-state index contributed by atoms with van der Waals surface area (Å²) in [7, 11) is 0. The third-order valence-corrected chi connectivity index (χ3v) is 2.48. The van der Waals surface area contributed by atoms with E-state index in [1.807, 2.05) is 44.2 Å². The topological polar surface area (TPSA) is 45.9 Å². The summed E-state index contributed by atoms with van der Waals surface area (Å²) in [6.45, 7) is 4.10. The van der Waals surface area contributed by atoms with E-state index in [0.29, 0.717) is 6.61 Å². The lowest BCUT2D eigenvalue weighted by Crippen LogP contribution is -2.18. The van der Waals surface area contributed by atoms with Crippen LogP contribution in [0, 0.1) is 16.7 Å². The lowest BCUT2D eigenvalue weighted by Gasteiger charge is -2.16. The van der Waals surface area contributed by atoms with E-state index in [2.05, 4.69) is 11.1 Å². The predicted molar refractivity (Wildman–Crippen MR) is 66.6 cm³/mol. The first-order chi connectivity index (χ1) is 8.11. The van der Waals surface area contributed by atoms with Crippen LogP contribution in [0.15, 0.2) is 36.5 Å². The van der Waals surface area contributed by atoms with Crippen molar-refractivity contribution in [3.63, 3.8) is 0 Å². The van der Waals surface area contributed by atoms with Crippen molar-refractivity contribution in [1.29, 1.82) is 5.26 Å². The van der Waals surface area contributed by atoms with E-state index in [1.165, 1.54) is 0 Å². The summed E-state index contributed by atoms with van der Waals surface area (Å²) in [6.07, 6.45) is 1.77. The van der Waals surface area contributed by atoms with Gasteiger partial charge in [0.25, 0.3) is 0 Å². The Bertz CT molecular complexity index is 570. The van der Waals surface area contributed by atoms with Crippen LogP contribution in [-0.2, 0) is 0 Å². The number of ether oxygens (including phenoxy) is 1. The predicted octanol–water partition coefficient (Wildman–Crippen LogP) is 3.16. The van der Waals surface area contributed by atoms with Gasteiger partial charge < -0.3 is 4.74 Å². The van der Waals surface area contributed by atoms with Crippen molar-refractivity contribution >= 4 is 10.9 Å². The van der Waals surface area contributed by atoms with Crippen LogP contribution in [0.3, 0.4) is 0 Å². The number of pyridine rings is 1. The third-order valence-electron chi connectivity index (χ3n) is 2.48.